The fourth-order valence-corrected chi connectivity index (χ4v) is 2.84. The molecule has 7 nitrogen and oxygen atoms in total. The summed E-state index contributed by atoms with van der Waals surface area (Å²) in [6, 6.07) is 13.4. The van der Waals surface area contributed by atoms with E-state index in [0.717, 1.165) is 28.0 Å². The van der Waals surface area contributed by atoms with Gasteiger partial charge in [0.1, 0.15) is 0 Å². The number of carbonyl (C=O) groups is 1. The molecule has 3 heterocycles. The molecule has 3 aromatic heterocycles. The average Bonchev–Trinajstić information content (AvgIpc) is 3.04. The van der Waals surface area contributed by atoms with Crippen molar-refractivity contribution in [3.8, 4) is 17.1 Å². The van der Waals surface area contributed by atoms with Gasteiger partial charge in [0, 0.05) is 23.7 Å². The maximum atomic E-state index is 11.3. The first kappa shape index (κ1) is 15.9. The highest BCUT2D eigenvalue weighted by Crippen LogP contribution is 2.26. The third kappa shape index (κ3) is 3.02. The summed E-state index contributed by atoms with van der Waals surface area (Å²) in [4.78, 5) is 24.5. The molecule has 0 aliphatic rings. The number of aromatic nitrogens is 5. The third-order valence-electron chi connectivity index (χ3n) is 3.97. The lowest BCUT2D eigenvalue weighted by molar-refractivity contribution is -0.117. The van der Waals surface area contributed by atoms with Crippen molar-refractivity contribution < 1.29 is 4.79 Å². The maximum absolute atomic E-state index is 11.3. The Hall–Kier alpha value is -3.61. The molecule has 0 aliphatic carbocycles. The number of fused-ring (bicyclic) bond motifs is 1. The van der Waals surface area contributed by atoms with E-state index in [4.69, 9.17) is 5.73 Å². The average molecular weight is 344 g/mol. The number of amides is 1. The fraction of sp³-hybridized carbons (Fsp3) is 0.105. The van der Waals surface area contributed by atoms with Crippen LogP contribution in [0.25, 0.3) is 28.1 Å². The number of nitrogens with zero attached hydrogens (tertiary/aromatic N) is 5. The van der Waals surface area contributed by atoms with E-state index in [-0.39, 0.29) is 6.42 Å². The highest BCUT2D eigenvalue weighted by atomic mass is 16.1. The van der Waals surface area contributed by atoms with Crippen molar-refractivity contribution in [3.05, 3.63) is 66.2 Å². The smallest absolute Gasteiger partial charge is 0.223 e. The lowest BCUT2D eigenvalue weighted by Gasteiger charge is -2.08. The van der Waals surface area contributed by atoms with Crippen LogP contribution in [0.3, 0.4) is 0 Å². The molecule has 0 unspecified atom stereocenters. The van der Waals surface area contributed by atoms with E-state index >= 15 is 0 Å². The largest absolute Gasteiger partial charge is 0.369 e. The number of rotatable bonds is 4. The first-order valence-corrected chi connectivity index (χ1v) is 8.12. The molecule has 0 saturated heterocycles. The van der Waals surface area contributed by atoms with Crippen molar-refractivity contribution in [1.82, 2.24) is 24.7 Å². The van der Waals surface area contributed by atoms with E-state index in [1.807, 2.05) is 49.4 Å². The Labute approximate surface area is 149 Å². The minimum atomic E-state index is -0.428. The van der Waals surface area contributed by atoms with Crippen LogP contribution >= 0.6 is 0 Å². The Morgan fingerprint density at radius 1 is 1.08 bits per heavy atom. The molecule has 0 aliphatic heterocycles. The zero-order valence-electron chi connectivity index (χ0n) is 14.1. The number of pyridine rings is 1. The van der Waals surface area contributed by atoms with Crippen LogP contribution < -0.4 is 5.73 Å². The van der Waals surface area contributed by atoms with E-state index in [9.17, 15) is 4.79 Å². The Balaban J connectivity index is 1.90. The summed E-state index contributed by atoms with van der Waals surface area (Å²) in [7, 11) is 0. The number of carbonyl (C=O) groups excluding carboxylic acids is 1. The van der Waals surface area contributed by atoms with Gasteiger partial charge in [-0.2, -0.15) is 5.10 Å². The van der Waals surface area contributed by atoms with Gasteiger partial charge in [-0.25, -0.2) is 9.67 Å². The van der Waals surface area contributed by atoms with Crippen LogP contribution in [0.2, 0.25) is 0 Å². The van der Waals surface area contributed by atoms with E-state index in [0.29, 0.717) is 11.5 Å². The quantitative estimate of drug-likeness (QED) is 0.612. The molecule has 128 valence electrons. The molecule has 1 aromatic carbocycles. The van der Waals surface area contributed by atoms with Gasteiger partial charge >= 0.3 is 0 Å². The molecule has 1 amide bonds. The van der Waals surface area contributed by atoms with Crippen molar-refractivity contribution in [3.63, 3.8) is 0 Å². The van der Waals surface area contributed by atoms with Crippen LogP contribution in [-0.4, -0.2) is 30.6 Å². The van der Waals surface area contributed by atoms with Gasteiger partial charge in [-0.1, -0.05) is 12.1 Å². The normalized spacial score (nSPS) is 11.0. The molecule has 0 spiro atoms. The van der Waals surface area contributed by atoms with Gasteiger partial charge in [-0.15, -0.1) is 0 Å². The first-order valence-electron chi connectivity index (χ1n) is 8.12. The summed E-state index contributed by atoms with van der Waals surface area (Å²) < 4.78 is 1.73. The number of aryl methyl sites for hydroxylation is 1. The molecule has 0 atom stereocenters. The fourth-order valence-electron chi connectivity index (χ4n) is 2.84. The molecule has 2 N–H and O–H groups in total. The molecule has 4 aromatic rings. The Morgan fingerprint density at radius 3 is 2.65 bits per heavy atom. The number of hydrogen-bond donors (Lipinski definition) is 1. The zero-order valence-corrected chi connectivity index (χ0v) is 14.1. The van der Waals surface area contributed by atoms with E-state index in [1.165, 1.54) is 0 Å². The van der Waals surface area contributed by atoms with Gasteiger partial charge in [-0.3, -0.25) is 14.8 Å². The summed E-state index contributed by atoms with van der Waals surface area (Å²) in [5.74, 6) is 0.248. The number of primary amides is 1. The van der Waals surface area contributed by atoms with Crippen LogP contribution in [-0.2, 0) is 11.2 Å². The van der Waals surface area contributed by atoms with Crippen LogP contribution in [0.1, 0.15) is 11.4 Å². The lowest BCUT2D eigenvalue weighted by atomic mass is 10.1. The van der Waals surface area contributed by atoms with Gasteiger partial charge < -0.3 is 5.73 Å². The second-order valence-electron chi connectivity index (χ2n) is 5.97. The van der Waals surface area contributed by atoms with Crippen LogP contribution in [0.15, 0.2) is 54.9 Å². The highest BCUT2D eigenvalue weighted by Gasteiger charge is 2.15. The van der Waals surface area contributed by atoms with E-state index < -0.39 is 5.91 Å². The topological polar surface area (TPSA) is 99.6 Å². The summed E-state index contributed by atoms with van der Waals surface area (Å²) in [6.07, 6.45) is 3.39. The van der Waals surface area contributed by atoms with E-state index in [2.05, 4.69) is 20.1 Å². The molecule has 26 heavy (non-hydrogen) atoms. The minimum Gasteiger partial charge on any atom is -0.369 e. The molecule has 4 rings (SSSR count). The molecule has 0 bridgehead atoms. The lowest BCUT2D eigenvalue weighted by Crippen LogP contribution is -2.14. The number of benzene rings is 1. The second-order valence-corrected chi connectivity index (χ2v) is 5.97. The Morgan fingerprint density at radius 2 is 1.88 bits per heavy atom. The number of hydrogen-bond acceptors (Lipinski definition) is 5. The SMILES string of the molecule is Cc1cccc(-n2nc(CC(N)=O)cc2-c2ccc3nccnc3c2)n1. The van der Waals surface area contributed by atoms with Crippen LogP contribution in [0, 0.1) is 6.92 Å². The monoisotopic (exact) mass is 344 g/mol. The van der Waals surface area contributed by atoms with Gasteiger partial charge in [0.2, 0.25) is 5.91 Å². The van der Waals surface area contributed by atoms with Gasteiger partial charge in [0.15, 0.2) is 5.82 Å². The molecule has 7 heteroatoms. The molecule has 0 saturated carbocycles. The molecular weight excluding hydrogens is 328 g/mol. The van der Waals surface area contributed by atoms with Gasteiger partial charge in [0.05, 0.1) is 28.8 Å². The summed E-state index contributed by atoms with van der Waals surface area (Å²) in [5.41, 5.74) is 10.1. The zero-order chi connectivity index (χ0) is 18.1. The van der Waals surface area contributed by atoms with Crippen molar-refractivity contribution >= 4 is 16.9 Å². The minimum absolute atomic E-state index is 0.0687. The predicted octanol–water partition coefficient (Wildman–Crippen LogP) is 2.21. The summed E-state index contributed by atoms with van der Waals surface area (Å²) in [6.45, 7) is 1.92. The summed E-state index contributed by atoms with van der Waals surface area (Å²) >= 11 is 0. The standard InChI is InChI=1S/C19H16N6O/c1-12-3-2-4-19(23-12)25-17(10-14(24-25)11-18(20)26)13-5-6-15-16(9-13)22-8-7-21-15/h2-10H,11H2,1H3,(H2,20,26). The number of nitrogens with two attached hydrogens (primary N) is 1. The van der Waals surface area contributed by atoms with Crippen molar-refractivity contribution in [2.45, 2.75) is 13.3 Å². The van der Waals surface area contributed by atoms with Crippen molar-refractivity contribution in [2.75, 3.05) is 0 Å². The second kappa shape index (κ2) is 6.36. The van der Waals surface area contributed by atoms with Crippen LogP contribution in [0.5, 0.6) is 0 Å². The predicted molar refractivity (Wildman–Crippen MR) is 97.5 cm³/mol. The van der Waals surface area contributed by atoms with Gasteiger partial charge in [0.25, 0.3) is 0 Å². The molecular formula is C19H16N6O. The summed E-state index contributed by atoms with van der Waals surface area (Å²) in [5, 5.41) is 4.54. The third-order valence-corrected chi connectivity index (χ3v) is 3.97. The first-order chi connectivity index (χ1) is 12.6. The van der Waals surface area contributed by atoms with Crippen molar-refractivity contribution in [1.29, 1.82) is 0 Å². The Bertz CT molecular complexity index is 1120. The Kier molecular flexibility index (Phi) is 3.89. The van der Waals surface area contributed by atoms with Crippen molar-refractivity contribution in [2.24, 2.45) is 5.73 Å². The molecule has 0 fully saturated rings. The molecule has 0 radical (unpaired) electrons. The van der Waals surface area contributed by atoms with Gasteiger partial charge in [-0.05, 0) is 37.3 Å². The van der Waals surface area contributed by atoms with E-state index in [1.54, 1.807) is 17.1 Å². The highest BCUT2D eigenvalue weighted by molar-refractivity contribution is 5.81. The maximum Gasteiger partial charge on any atom is 0.223 e. The van der Waals surface area contributed by atoms with Crippen LogP contribution in [0.4, 0.5) is 0 Å².